The number of aryl methyl sites for hydroxylation is 1. The Morgan fingerprint density at radius 1 is 1.24 bits per heavy atom. The van der Waals surface area contributed by atoms with Crippen LogP contribution in [0.25, 0.3) is 0 Å². The van der Waals surface area contributed by atoms with E-state index in [0.29, 0.717) is 24.4 Å². The summed E-state index contributed by atoms with van der Waals surface area (Å²) < 4.78 is 5.51. The van der Waals surface area contributed by atoms with E-state index in [0.717, 1.165) is 17.7 Å². The molecule has 112 valence electrons. The van der Waals surface area contributed by atoms with Gasteiger partial charge in [-0.1, -0.05) is 12.8 Å². The van der Waals surface area contributed by atoms with Gasteiger partial charge in [-0.3, -0.25) is 19.8 Å². The zero-order valence-corrected chi connectivity index (χ0v) is 12.1. The van der Waals surface area contributed by atoms with E-state index in [4.69, 9.17) is 4.42 Å². The Kier molecular flexibility index (Phi) is 3.11. The Bertz CT molecular complexity index is 613. The summed E-state index contributed by atoms with van der Waals surface area (Å²) in [5.74, 6) is 0.413. The fourth-order valence-corrected chi connectivity index (χ4v) is 3.27. The number of imide groups is 2. The molecule has 3 rings (SSSR count). The van der Waals surface area contributed by atoms with Gasteiger partial charge in [0.15, 0.2) is 0 Å². The Morgan fingerprint density at radius 2 is 1.90 bits per heavy atom. The molecule has 1 aromatic heterocycles. The van der Waals surface area contributed by atoms with Gasteiger partial charge >= 0.3 is 6.03 Å². The van der Waals surface area contributed by atoms with Crippen molar-refractivity contribution in [3.8, 4) is 0 Å². The minimum absolute atomic E-state index is 0.393. The molecule has 1 aliphatic heterocycles. The second kappa shape index (κ2) is 4.72. The van der Waals surface area contributed by atoms with Crippen LogP contribution < -0.4 is 5.32 Å². The van der Waals surface area contributed by atoms with Crippen molar-refractivity contribution in [3.05, 3.63) is 23.7 Å². The fourth-order valence-electron chi connectivity index (χ4n) is 3.27. The molecule has 1 saturated carbocycles. The minimum Gasteiger partial charge on any atom is -0.464 e. The third-order valence-electron chi connectivity index (χ3n) is 4.52. The quantitative estimate of drug-likeness (QED) is 0.847. The van der Waals surface area contributed by atoms with Gasteiger partial charge in [0, 0.05) is 0 Å². The molecular formula is C15H18N2O4. The van der Waals surface area contributed by atoms with Crippen LogP contribution >= 0.6 is 0 Å². The molecular weight excluding hydrogens is 272 g/mol. The van der Waals surface area contributed by atoms with Crippen molar-refractivity contribution in [3.63, 3.8) is 0 Å². The molecule has 6 nitrogen and oxygen atoms in total. The van der Waals surface area contributed by atoms with Gasteiger partial charge in [0.2, 0.25) is 11.8 Å². The van der Waals surface area contributed by atoms with Crippen molar-refractivity contribution < 1.29 is 18.8 Å². The number of carbonyl (C=O) groups excluding carboxylic acids is 3. The minimum atomic E-state index is -1.07. The van der Waals surface area contributed by atoms with Crippen LogP contribution in [-0.4, -0.2) is 22.7 Å². The lowest BCUT2D eigenvalue weighted by molar-refractivity contribution is -0.152. The molecule has 4 amide bonds. The van der Waals surface area contributed by atoms with Crippen molar-refractivity contribution >= 4 is 17.8 Å². The second-order valence-electron chi connectivity index (χ2n) is 5.85. The van der Waals surface area contributed by atoms with Crippen LogP contribution in [0.2, 0.25) is 0 Å². The molecule has 2 aliphatic rings. The molecule has 1 N–H and O–H groups in total. The highest BCUT2D eigenvalue weighted by atomic mass is 16.3. The number of hydrogen-bond acceptors (Lipinski definition) is 4. The molecule has 1 aliphatic carbocycles. The van der Waals surface area contributed by atoms with Gasteiger partial charge in [0.25, 0.3) is 0 Å². The van der Waals surface area contributed by atoms with Crippen LogP contribution in [0.4, 0.5) is 4.79 Å². The smallest absolute Gasteiger partial charge is 0.331 e. The third kappa shape index (κ3) is 1.97. The van der Waals surface area contributed by atoms with Gasteiger partial charge < -0.3 is 4.42 Å². The summed E-state index contributed by atoms with van der Waals surface area (Å²) in [5.41, 5.74) is -1.07. The summed E-state index contributed by atoms with van der Waals surface area (Å²) in [4.78, 5) is 38.2. The number of carbonyl (C=O) groups is 3. The van der Waals surface area contributed by atoms with Gasteiger partial charge in [-0.05, 0) is 38.8 Å². The van der Waals surface area contributed by atoms with E-state index >= 15 is 0 Å². The van der Waals surface area contributed by atoms with Gasteiger partial charge in [0.05, 0.1) is 6.04 Å². The molecule has 2 fully saturated rings. The van der Waals surface area contributed by atoms with E-state index < -0.39 is 29.3 Å². The van der Waals surface area contributed by atoms with Crippen molar-refractivity contribution in [1.82, 2.24) is 10.2 Å². The molecule has 1 saturated heterocycles. The molecule has 1 aromatic rings. The van der Waals surface area contributed by atoms with E-state index in [2.05, 4.69) is 5.32 Å². The summed E-state index contributed by atoms with van der Waals surface area (Å²) >= 11 is 0. The average molecular weight is 290 g/mol. The summed E-state index contributed by atoms with van der Waals surface area (Å²) in [6.45, 7) is 3.53. The highest BCUT2D eigenvalue weighted by Crippen LogP contribution is 2.43. The van der Waals surface area contributed by atoms with Gasteiger partial charge in [-0.2, -0.15) is 0 Å². The first kappa shape index (κ1) is 13.9. The van der Waals surface area contributed by atoms with Gasteiger partial charge in [0.1, 0.15) is 16.9 Å². The monoisotopic (exact) mass is 290 g/mol. The molecule has 0 aromatic carbocycles. The molecule has 1 unspecified atom stereocenters. The second-order valence-corrected chi connectivity index (χ2v) is 5.85. The van der Waals surface area contributed by atoms with E-state index in [-0.39, 0.29) is 0 Å². The van der Waals surface area contributed by atoms with Crippen LogP contribution in [0, 0.1) is 12.3 Å². The van der Waals surface area contributed by atoms with Crippen LogP contribution in [-0.2, 0) is 9.59 Å². The lowest BCUT2D eigenvalue weighted by Crippen LogP contribution is -2.63. The fraction of sp³-hybridized carbons (Fsp3) is 0.533. The lowest BCUT2D eigenvalue weighted by Gasteiger charge is -2.39. The Morgan fingerprint density at radius 3 is 2.48 bits per heavy atom. The SMILES string of the molecule is Cc1ccc(C(C)N2C(=O)NC(=O)C3(CCCC3)C2=O)o1. The maximum Gasteiger partial charge on any atom is 0.331 e. The lowest BCUT2D eigenvalue weighted by atomic mass is 9.81. The van der Waals surface area contributed by atoms with Crippen molar-refractivity contribution in [2.75, 3.05) is 0 Å². The number of rotatable bonds is 2. The molecule has 0 radical (unpaired) electrons. The first-order valence-electron chi connectivity index (χ1n) is 7.21. The topological polar surface area (TPSA) is 79.6 Å². The third-order valence-corrected chi connectivity index (χ3v) is 4.52. The molecule has 1 spiro atoms. The zero-order chi connectivity index (χ0) is 15.2. The van der Waals surface area contributed by atoms with Crippen LogP contribution in [0.3, 0.4) is 0 Å². The zero-order valence-electron chi connectivity index (χ0n) is 12.1. The largest absolute Gasteiger partial charge is 0.464 e. The van der Waals surface area contributed by atoms with Gasteiger partial charge in [-0.15, -0.1) is 0 Å². The van der Waals surface area contributed by atoms with Crippen LogP contribution in [0.15, 0.2) is 16.5 Å². The summed E-state index contributed by atoms with van der Waals surface area (Å²) in [7, 11) is 0. The number of barbiturate groups is 1. The molecule has 21 heavy (non-hydrogen) atoms. The highest BCUT2D eigenvalue weighted by molar-refractivity contribution is 6.19. The molecule has 1 atom stereocenters. The van der Waals surface area contributed by atoms with E-state index in [1.807, 2.05) is 0 Å². The molecule has 0 bridgehead atoms. The summed E-state index contributed by atoms with van der Waals surface area (Å²) in [6.07, 6.45) is 2.67. The Hall–Kier alpha value is -2.11. The summed E-state index contributed by atoms with van der Waals surface area (Å²) in [5, 5.41) is 2.34. The van der Waals surface area contributed by atoms with E-state index in [1.54, 1.807) is 26.0 Å². The van der Waals surface area contributed by atoms with E-state index in [1.165, 1.54) is 0 Å². The number of urea groups is 1. The number of nitrogens with one attached hydrogen (secondary N) is 1. The first-order valence-corrected chi connectivity index (χ1v) is 7.21. The predicted molar refractivity (Wildman–Crippen MR) is 73.1 cm³/mol. The normalized spacial score (nSPS) is 22.8. The van der Waals surface area contributed by atoms with Crippen molar-refractivity contribution in [1.29, 1.82) is 0 Å². The van der Waals surface area contributed by atoms with Crippen molar-refractivity contribution in [2.24, 2.45) is 5.41 Å². The predicted octanol–water partition coefficient (Wildman–Crippen LogP) is 2.29. The maximum atomic E-state index is 12.8. The maximum absolute atomic E-state index is 12.8. The highest BCUT2D eigenvalue weighted by Gasteiger charge is 2.56. The number of hydrogen-bond donors (Lipinski definition) is 1. The molecule has 2 heterocycles. The summed E-state index contributed by atoms with van der Waals surface area (Å²) in [6, 6.07) is 2.34. The standard InChI is InChI=1S/C15H18N2O4/c1-9-5-6-11(21-9)10(2)17-13(19)15(7-3-4-8-15)12(18)16-14(17)20/h5-6,10H,3-4,7-8H2,1-2H3,(H,16,18,20). The Balaban J connectivity index is 1.95. The average Bonchev–Trinajstić information content (AvgIpc) is 3.06. The number of amides is 4. The van der Waals surface area contributed by atoms with Gasteiger partial charge in [-0.25, -0.2) is 4.79 Å². The van der Waals surface area contributed by atoms with Crippen LogP contribution in [0.5, 0.6) is 0 Å². The van der Waals surface area contributed by atoms with Crippen LogP contribution in [0.1, 0.15) is 50.2 Å². The first-order chi connectivity index (χ1) is 9.95. The Labute approximate surface area is 122 Å². The van der Waals surface area contributed by atoms with Crippen molar-refractivity contribution in [2.45, 2.75) is 45.6 Å². The van der Waals surface area contributed by atoms with E-state index in [9.17, 15) is 14.4 Å². The number of furan rings is 1. The number of nitrogens with zero attached hydrogens (tertiary/aromatic N) is 1. The molecule has 6 heteroatoms.